The molecule has 0 amide bonds. The van der Waals surface area contributed by atoms with Crippen LogP contribution in [0.15, 0.2) is 12.7 Å². The summed E-state index contributed by atoms with van der Waals surface area (Å²) in [6.07, 6.45) is 7.18. The highest BCUT2D eigenvalue weighted by molar-refractivity contribution is 7.83. The minimum atomic E-state index is -0.611. The lowest BCUT2D eigenvalue weighted by molar-refractivity contribution is -0.108. The molecule has 0 heterocycles. The van der Waals surface area contributed by atoms with Gasteiger partial charge in [0.25, 0.3) is 0 Å². The molecule has 78 valence electrons. The molecule has 3 nitrogen and oxygen atoms in total. The highest BCUT2D eigenvalue weighted by atomic mass is 32.2. The molecule has 0 aliphatic carbocycles. The predicted octanol–water partition coefficient (Wildman–Crippen LogP) is 1.16. The van der Waals surface area contributed by atoms with Gasteiger partial charge in [-0.1, -0.05) is 6.08 Å². The van der Waals surface area contributed by atoms with Crippen molar-refractivity contribution < 1.29 is 13.7 Å². The van der Waals surface area contributed by atoms with Crippen LogP contribution in [0.4, 0.5) is 0 Å². The maximum Gasteiger partial charge on any atom is 0.120 e. The quantitative estimate of drug-likeness (QED) is 0.501. The van der Waals surface area contributed by atoms with E-state index in [2.05, 4.69) is 6.58 Å². The van der Waals surface area contributed by atoms with Gasteiger partial charge in [-0.15, -0.1) is 6.58 Å². The van der Waals surface area contributed by atoms with Crippen LogP contribution in [0, 0.1) is 0 Å². The largest absolute Gasteiger partial charge is 0.377 e. The molecule has 0 fully saturated rings. The van der Waals surface area contributed by atoms with Crippen molar-refractivity contribution in [2.45, 2.75) is 18.9 Å². The molecule has 0 aromatic carbocycles. The normalized spacial score (nSPS) is 11.4. The van der Waals surface area contributed by atoms with Gasteiger partial charge in [0.05, 0.1) is 6.10 Å². The molecule has 0 spiro atoms. The van der Waals surface area contributed by atoms with E-state index in [9.17, 15) is 9.00 Å². The molecule has 0 aliphatic heterocycles. The molecular formula is C9H18O3S. The van der Waals surface area contributed by atoms with Crippen LogP contribution in [0.2, 0.25) is 0 Å². The summed E-state index contributed by atoms with van der Waals surface area (Å²) in [5, 5.41) is 0. The summed E-state index contributed by atoms with van der Waals surface area (Å²) < 4.78 is 14.5. The van der Waals surface area contributed by atoms with Gasteiger partial charge >= 0.3 is 0 Å². The van der Waals surface area contributed by atoms with E-state index in [1.807, 2.05) is 0 Å². The molecule has 1 atom stereocenters. The Morgan fingerprint density at radius 3 is 2.23 bits per heavy atom. The molecule has 0 saturated heterocycles. The van der Waals surface area contributed by atoms with Gasteiger partial charge in [-0.25, -0.2) is 0 Å². The van der Waals surface area contributed by atoms with Gasteiger partial charge in [0.15, 0.2) is 0 Å². The van der Waals surface area contributed by atoms with Gasteiger partial charge in [0.1, 0.15) is 6.29 Å². The average molecular weight is 206 g/mol. The first-order chi connectivity index (χ1) is 6.08. The van der Waals surface area contributed by atoms with Gasteiger partial charge in [-0.2, -0.15) is 0 Å². The predicted molar refractivity (Wildman–Crippen MR) is 56.3 cm³/mol. The van der Waals surface area contributed by atoms with Crippen molar-refractivity contribution in [1.82, 2.24) is 0 Å². The standard InChI is InChI=1S/C7H12O2.C2H6OS/c1-3-7(9-2)5-4-6-8;1-4(2)3/h3,6-7H,1,4-5H2,2H3;1-2H3. The molecule has 0 saturated carbocycles. The molecule has 0 aromatic rings. The maximum absolute atomic E-state index is 9.85. The van der Waals surface area contributed by atoms with E-state index in [1.165, 1.54) is 0 Å². The second-order valence-electron chi connectivity index (χ2n) is 2.50. The van der Waals surface area contributed by atoms with Crippen LogP contribution in [0.5, 0.6) is 0 Å². The Balaban J connectivity index is 0. The van der Waals surface area contributed by atoms with Crippen molar-refractivity contribution >= 4 is 17.1 Å². The fraction of sp³-hybridized carbons (Fsp3) is 0.667. The Hall–Kier alpha value is -0.480. The van der Waals surface area contributed by atoms with Crippen LogP contribution in [0.3, 0.4) is 0 Å². The van der Waals surface area contributed by atoms with E-state index in [4.69, 9.17) is 4.74 Å². The number of carbonyl (C=O) groups is 1. The Bertz CT molecular complexity index is 153. The summed E-state index contributed by atoms with van der Waals surface area (Å²) >= 11 is 0. The van der Waals surface area contributed by atoms with E-state index in [0.717, 1.165) is 12.7 Å². The van der Waals surface area contributed by atoms with Crippen LogP contribution in [0.25, 0.3) is 0 Å². The molecule has 0 aromatic heterocycles. The smallest absolute Gasteiger partial charge is 0.120 e. The Labute approximate surface area is 82.6 Å². The van der Waals surface area contributed by atoms with Crippen LogP contribution in [-0.4, -0.2) is 36.2 Å². The van der Waals surface area contributed by atoms with Gasteiger partial charge in [0, 0.05) is 36.8 Å². The summed E-state index contributed by atoms with van der Waals surface area (Å²) in [6, 6.07) is 0. The van der Waals surface area contributed by atoms with Gasteiger partial charge in [0.2, 0.25) is 0 Å². The van der Waals surface area contributed by atoms with Gasteiger partial charge in [-0.05, 0) is 6.42 Å². The van der Waals surface area contributed by atoms with Crippen molar-refractivity contribution in [2.75, 3.05) is 19.6 Å². The minimum Gasteiger partial charge on any atom is -0.377 e. The first-order valence-electron chi connectivity index (χ1n) is 3.92. The van der Waals surface area contributed by atoms with Gasteiger partial charge < -0.3 is 9.53 Å². The highest BCUT2D eigenvalue weighted by Crippen LogP contribution is 1.99. The highest BCUT2D eigenvalue weighted by Gasteiger charge is 1.98. The van der Waals surface area contributed by atoms with E-state index >= 15 is 0 Å². The number of hydrogen-bond acceptors (Lipinski definition) is 3. The van der Waals surface area contributed by atoms with Crippen molar-refractivity contribution in [3.05, 3.63) is 12.7 Å². The molecule has 0 bridgehead atoms. The van der Waals surface area contributed by atoms with Crippen LogP contribution >= 0.6 is 0 Å². The molecule has 4 heteroatoms. The molecule has 0 rings (SSSR count). The third-order valence-electron chi connectivity index (χ3n) is 1.13. The third kappa shape index (κ3) is 18.5. The second-order valence-corrected chi connectivity index (χ2v) is 3.98. The second kappa shape index (κ2) is 11.5. The summed E-state index contributed by atoms with van der Waals surface area (Å²) in [5.74, 6) is 0. The third-order valence-corrected chi connectivity index (χ3v) is 1.13. The Kier molecular flexibility index (Phi) is 13.3. The molecule has 13 heavy (non-hydrogen) atoms. The summed E-state index contributed by atoms with van der Waals surface area (Å²) in [6.45, 7) is 3.54. The number of methoxy groups -OCH3 is 1. The summed E-state index contributed by atoms with van der Waals surface area (Å²) in [7, 11) is 0.997. The molecule has 0 N–H and O–H groups in total. The fourth-order valence-corrected chi connectivity index (χ4v) is 0.564. The lowest BCUT2D eigenvalue weighted by atomic mass is 10.2. The van der Waals surface area contributed by atoms with E-state index < -0.39 is 10.8 Å². The van der Waals surface area contributed by atoms with Crippen LogP contribution in [0.1, 0.15) is 12.8 Å². The van der Waals surface area contributed by atoms with E-state index in [1.54, 1.807) is 25.7 Å². The number of ether oxygens (including phenoxy) is 1. The van der Waals surface area contributed by atoms with Crippen molar-refractivity contribution in [3.8, 4) is 0 Å². The lowest BCUT2D eigenvalue weighted by Crippen LogP contribution is -2.05. The molecular weight excluding hydrogens is 188 g/mol. The zero-order valence-electron chi connectivity index (χ0n) is 8.49. The summed E-state index contributed by atoms with van der Waals surface area (Å²) in [5.41, 5.74) is 0. The first-order valence-corrected chi connectivity index (χ1v) is 5.89. The molecule has 0 aliphatic rings. The number of hydrogen-bond donors (Lipinski definition) is 0. The summed E-state index contributed by atoms with van der Waals surface area (Å²) in [4.78, 5) is 9.85. The fourth-order valence-electron chi connectivity index (χ4n) is 0.564. The Morgan fingerprint density at radius 2 is 2.00 bits per heavy atom. The van der Waals surface area contributed by atoms with Crippen molar-refractivity contribution in [1.29, 1.82) is 0 Å². The maximum atomic E-state index is 9.85. The number of aldehydes is 1. The lowest BCUT2D eigenvalue weighted by Gasteiger charge is -2.05. The number of carbonyl (C=O) groups excluding carboxylic acids is 1. The van der Waals surface area contributed by atoms with E-state index in [0.29, 0.717) is 6.42 Å². The average Bonchev–Trinajstić information content (AvgIpc) is 2.06. The Morgan fingerprint density at radius 1 is 1.54 bits per heavy atom. The molecule has 1 unspecified atom stereocenters. The molecule has 0 radical (unpaired) electrons. The first kappa shape index (κ1) is 15.0. The van der Waals surface area contributed by atoms with Crippen molar-refractivity contribution in [2.24, 2.45) is 0 Å². The van der Waals surface area contributed by atoms with E-state index in [-0.39, 0.29) is 6.10 Å². The SMILES string of the molecule is C=CC(CCC=O)OC.CS(C)=O. The topological polar surface area (TPSA) is 43.4 Å². The zero-order chi connectivity index (χ0) is 10.7. The minimum absolute atomic E-state index is 0.0372. The zero-order valence-corrected chi connectivity index (χ0v) is 9.30. The van der Waals surface area contributed by atoms with Crippen LogP contribution in [-0.2, 0) is 20.3 Å². The van der Waals surface area contributed by atoms with Gasteiger partial charge in [-0.3, -0.25) is 4.21 Å². The number of rotatable bonds is 5. The monoisotopic (exact) mass is 206 g/mol. The van der Waals surface area contributed by atoms with Crippen LogP contribution < -0.4 is 0 Å². The van der Waals surface area contributed by atoms with Crippen molar-refractivity contribution in [3.63, 3.8) is 0 Å².